The highest BCUT2D eigenvalue weighted by Gasteiger charge is 2.22. The average molecular weight is 529 g/mol. The van der Waals surface area contributed by atoms with Crippen molar-refractivity contribution in [1.82, 2.24) is 0 Å². The van der Waals surface area contributed by atoms with Crippen molar-refractivity contribution in [3.63, 3.8) is 0 Å². The Balaban J connectivity index is 0.995. The van der Waals surface area contributed by atoms with E-state index in [9.17, 15) is 4.79 Å². The SMILES string of the molecule is O=C(c1ccc(N2CCC(Cc3ccccc3)CC2)cc1)c1ccc(N2CCC(Cc3ccccc3)CC2)cc1. The van der Waals surface area contributed by atoms with E-state index in [0.717, 1.165) is 49.1 Å². The van der Waals surface area contributed by atoms with Crippen molar-refractivity contribution in [3.05, 3.63) is 131 Å². The first-order valence-electron chi connectivity index (χ1n) is 15.0. The second kappa shape index (κ2) is 12.6. The molecule has 2 saturated heterocycles. The standard InChI is InChI=1S/C37H40N2O/c40-37(33-11-15-35(16-12-33)38-23-19-31(20-24-38)27-29-7-3-1-4-8-29)34-13-17-36(18-14-34)39-25-21-32(22-26-39)28-30-9-5-2-6-10-30/h1-18,31-32H,19-28H2. The molecule has 0 bridgehead atoms. The van der Waals surface area contributed by atoms with Crippen LogP contribution >= 0.6 is 0 Å². The first-order chi connectivity index (χ1) is 19.7. The Kier molecular flexibility index (Phi) is 8.28. The third kappa shape index (κ3) is 6.47. The molecule has 3 heteroatoms. The molecule has 6 rings (SSSR count). The van der Waals surface area contributed by atoms with Gasteiger partial charge in [0.15, 0.2) is 5.78 Å². The molecule has 40 heavy (non-hydrogen) atoms. The van der Waals surface area contributed by atoms with E-state index in [2.05, 4.69) is 94.7 Å². The van der Waals surface area contributed by atoms with Crippen molar-refractivity contribution in [2.75, 3.05) is 36.0 Å². The predicted octanol–water partition coefficient (Wildman–Crippen LogP) is 7.84. The number of hydrogen-bond donors (Lipinski definition) is 0. The lowest BCUT2D eigenvalue weighted by atomic mass is 9.90. The zero-order chi connectivity index (χ0) is 27.1. The summed E-state index contributed by atoms with van der Waals surface area (Å²) in [4.78, 5) is 18.2. The van der Waals surface area contributed by atoms with Gasteiger partial charge in [-0.25, -0.2) is 0 Å². The number of benzene rings is 4. The molecule has 2 aliphatic heterocycles. The molecular weight excluding hydrogens is 488 g/mol. The molecule has 2 fully saturated rings. The highest BCUT2D eigenvalue weighted by molar-refractivity contribution is 6.09. The molecule has 0 atom stereocenters. The van der Waals surface area contributed by atoms with Crippen LogP contribution in [0.1, 0.15) is 52.7 Å². The van der Waals surface area contributed by atoms with Gasteiger partial charge in [-0.3, -0.25) is 4.79 Å². The number of carbonyl (C=O) groups excluding carboxylic acids is 1. The average Bonchev–Trinajstić information content (AvgIpc) is 3.03. The zero-order valence-corrected chi connectivity index (χ0v) is 23.4. The van der Waals surface area contributed by atoms with E-state index >= 15 is 0 Å². The van der Waals surface area contributed by atoms with E-state index < -0.39 is 0 Å². The summed E-state index contributed by atoms with van der Waals surface area (Å²) in [7, 11) is 0. The van der Waals surface area contributed by atoms with Crippen molar-refractivity contribution >= 4 is 17.2 Å². The molecule has 3 nitrogen and oxygen atoms in total. The van der Waals surface area contributed by atoms with Gasteiger partial charge in [-0.2, -0.15) is 0 Å². The smallest absolute Gasteiger partial charge is 0.193 e. The van der Waals surface area contributed by atoms with E-state index in [1.165, 1.54) is 61.0 Å². The summed E-state index contributed by atoms with van der Waals surface area (Å²) in [6.45, 7) is 4.32. The topological polar surface area (TPSA) is 23.6 Å². The maximum Gasteiger partial charge on any atom is 0.193 e. The number of nitrogens with zero attached hydrogens (tertiary/aromatic N) is 2. The molecule has 0 spiro atoms. The van der Waals surface area contributed by atoms with Gasteiger partial charge in [0.1, 0.15) is 0 Å². The summed E-state index contributed by atoms with van der Waals surface area (Å²) in [6.07, 6.45) is 7.21. The summed E-state index contributed by atoms with van der Waals surface area (Å²) < 4.78 is 0. The minimum Gasteiger partial charge on any atom is -0.372 e. The number of carbonyl (C=O) groups is 1. The Labute approximate surface area is 239 Å². The van der Waals surface area contributed by atoms with Crippen molar-refractivity contribution in [3.8, 4) is 0 Å². The molecule has 0 saturated carbocycles. The fourth-order valence-electron chi connectivity index (χ4n) is 6.50. The predicted molar refractivity (Wildman–Crippen MR) is 166 cm³/mol. The van der Waals surface area contributed by atoms with Crippen LogP contribution < -0.4 is 9.80 Å². The van der Waals surface area contributed by atoms with Crippen LogP contribution in [-0.2, 0) is 12.8 Å². The monoisotopic (exact) mass is 528 g/mol. The summed E-state index contributed by atoms with van der Waals surface area (Å²) >= 11 is 0. The van der Waals surface area contributed by atoms with Gasteiger partial charge in [-0.15, -0.1) is 0 Å². The third-order valence-corrected chi connectivity index (χ3v) is 8.95. The lowest BCUT2D eigenvalue weighted by molar-refractivity contribution is 0.103. The van der Waals surface area contributed by atoms with E-state index in [0.29, 0.717) is 0 Å². The first kappa shape index (κ1) is 26.4. The van der Waals surface area contributed by atoms with Gasteiger partial charge >= 0.3 is 0 Å². The lowest BCUT2D eigenvalue weighted by Crippen LogP contribution is -2.34. The molecule has 0 aromatic heterocycles. The van der Waals surface area contributed by atoms with Crippen LogP contribution in [0.15, 0.2) is 109 Å². The molecule has 0 N–H and O–H groups in total. The largest absolute Gasteiger partial charge is 0.372 e. The lowest BCUT2D eigenvalue weighted by Gasteiger charge is -2.34. The Morgan fingerprint density at radius 1 is 0.500 bits per heavy atom. The fourth-order valence-corrected chi connectivity index (χ4v) is 6.50. The number of rotatable bonds is 8. The molecule has 2 heterocycles. The number of anilines is 2. The minimum atomic E-state index is 0.0984. The number of ketones is 1. The van der Waals surface area contributed by atoms with Crippen LogP contribution in [0.4, 0.5) is 11.4 Å². The Bertz CT molecular complexity index is 1240. The maximum absolute atomic E-state index is 13.2. The second-order valence-electron chi connectivity index (χ2n) is 11.7. The molecule has 0 unspecified atom stereocenters. The Hall–Kier alpha value is -3.85. The molecule has 2 aliphatic rings. The van der Waals surface area contributed by atoms with Crippen molar-refractivity contribution in [2.24, 2.45) is 11.8 Å². The van der Waals surface area contributed by atoms with Crippen LogP contribution in [0.25, 0.3) is 0 Å². The van der Waals surface area contributed by atoms with Gasteiger partial charge in [0.05, 0.1) is 0 Å². The minimum absolute atomic E-state index is 0.0984. The van der Waals surface area contributed by atoms with E-state index in [1.54, 1.807) is 0 Å². The van der Waals surface area contributed by atoms with E-state index in [-0.39, 0.29) is 5.78 Å². The van der Waals surface area contributed by atoms with Gasteiger partial charge in [0.25, 0.3) is 0 Å². The zero-order valence-electron chi connectivity index (χ0n) is 23.4. The summed E-state index contributed by atoms with van der Waals surface area (Å²) in [5, 5.41) is 0. The number of piperidine rings is 2. The van der Waals surface area contributed by atoms with Crippen molar-refractivity contribution in [1.29, 1.82) is 0 Å². The van der Waals surface area contributed by atoms with Crippen molar-refractivity contribution < 1.29 is 4.79 Å². The van der Waals surface area contributed by atoms with E-state index in [4.69, 9.17) is 0 Å². The molecule has 204 valence electrons. The van der Waals surface area contributed by atoms with Crippen LogP contribution in [-0.4, -0.2) is 32.0 Å². The summed E-state index contributed by atoms with van der Waals surface area (Å²) in [5.41, 5.74) is 6.86. The Morgan fingerprint density at radius 3 is 1.20 bits per heavy atom. The van der Waals surface area contributed by atoms with Gasteiger partial charge in [-0.05, 0) is 110 Å². The van der Waals surface area contributed by atoms with Gasteiger partial charge in [0.2, 0.25) is 0 Å². The van der Waals surface area contributed by atoms with Gasteiger partial charge < -0.3 is 9.80 Å². The van der Waals surface area contributed by atoms with Crippen molar-refractivity contribution in [2.45, 2.75) is 38.5 Å². The molecule has 4 aromatic carbocycles. The normalized spacial score (nSPS) is 16.7. The van der Waals surface area contributed by atoms with E-state index in [1.807, 2.05) is 24.3 Å². The third-order valence-electron chi connectivity index (χ3n) is 8.95. The Morgan fingerprint density at radius 2 is 0.850 bits per heavy atom. The first-order valence-corrected chi connectivity index (χ1v) is 15.0. The van der Waals surface area contributed by atoms with Gasteiger partial charge in [0, 0.05) is 48.7 Å². The fraction of sp³-hybridized carbons (Fsp3) is 0.324. The maximum atomic E-state index is 13.2. The quantitative estimate of drug-likeness (QED) is 0.218. The summed E-state index contributed by atoms with van der Waals surface area (Å²) in [5.74, 6) is 1.60. The molecule has 4 aromatic rings. The molecule has 0 aliphatic carbocycles. The molecular formula is C37H40N2O. The van der Waals surface area contributed by atoms with Crippen LogP contribution in [0, 0.1) is 11.8 Å². The highest BCUT2D eigenvalue weighted by Crippen LogP contribution is 2.28. The van der Waals surface area contributed by atoms with Crippen LogP contribution in [0.3, 0.4) is 0 Å². The molecule has 0 amide bonds. The van der Waals surface area contributed by atoms with Crippen LogP contribution in [0.2, 0.25) is 0 Å². The molecule has 0 radical (unpaired) electrons. The highest BCUT2D eigenvalue weighted by atomic mass is 16.1. The van der Waals surface area contributed by atoms with Gasteiger partial charge in [-0.1, -0.05) is 60.7 Å². The van der Waals surface area contributed by atoms with Crippen LogP contribution in [0.5, 0.6) is 0 Å². The summed E-state index contributed by atoms with van der Waals surface area (Å²) in [6, 6.07) is 38.2. The number of hydrogen-bond acceptors (Lipinski definition) is 3. The second-order valence-corrected chi connectivity index (χ2v) is 11.7.